The Balaban J connectivity index is 1.65. The van der Waals surface area contributed by atoms with Crippen molar-refractivity contribution in [3.8, 4) is 11.5 Å². The number of fused-ring (bicyclic) bond motifs is 1. The van der Waals surface area contributed by atoms with Crippen LogP contribution in [0.4, 0.5) is 0 Å². The minimum Gasteiger partial charge on any atom is -0.493 e. The molecule has 0 radical (unpaired) electrons. The van der Waals surface area contributed by atoms with Gasteiger partial charge in [-0.1, -0.05) is 18.2 Å². The van der Waals surface area contributed by atoms with Crippen molar-refractivity contribution in [3.63, 3.8) is 0 Å². The maximum absolute atomic E-state index is 5.97. The van der Waals surface area contributed by atoms with E-state index in [2.05, 4.69) is 42.3 Å². The summed E-state index contributed by atoms with van der Waals surface area (Å²) in [6.45, 7) is 1.99. The summed E-state index contributed by atoms with van der Waals surface area (Å²) in [5.41, 5.74) is 1.52. The van der Waals surface area contributed by atoms with Crippen molar-refractivity contribution in [2.75, 3.05) is 27.3 Å². The predicted octanol–water partition coefficient (Wildman–Crippen LogP) is 3.78. The SMILES string of the molecule is COc1cc([C@@]23C=CCCC2N(C)CC3)ccc1OCC1CC1. The third kappa shape index (κ3) is 2.65. The molecule has 1 aromatic rings. The Labute approximate surface area is 139 Å². The minimum atomic E-state index is 0.148. The molecule has 0 spiro atoms. The molecule has 1 unspecified atom stereocenters. The van der Waals surface area contributed by atoms with Crippen LogP contribution in [0, 0.1) is 5.92 Å². The van der Waals surface area contributed by atoms with Gasteiger partial charge in [0.25, 0.3) is 0 Å². The fourth-order valence-electron chi connectivity index (χ4n) is 4.30. The van der Waals surface area contributed by atoms with Crippen LogP contribution in [-0.4, -0.2) is 38.3 Å². The van der Waals surface area contributed by atoms with Crippen LogP contribution in [0.15, 0.2) is 30.4 Å². The fourth-order valence-corrected chi connectivity index (χ4v) is 4.30. The zero-order chi connectivity index (χ0) is 15.9. The fraction of sp³-hybridized carbons (Fsp3) is 0.600. The highest BCUT2D eigenvalue weighted by Crippen LogP contribution is 2.47. The number of hydrogen-bond acceptors (Lipinski definition) is 3. The topological polar surface area (TPSA) is 21.7 Å². The second kappa shape index (κ2) is 5.86. The van der Waals surface area contributed by atoms with Gasteiger partial charge >= 0.3 is 0 Å². The van der Waals surface area contributed by atoms with E-state index in [4.69, 9.17) is 9.47 Å². The van der Waals surface area contributed by atoms with Crippen LogP contribution < -0.4 is 9.47 Å². The average Bonchev–Trinajstić information content (AvgIpc) is 3.36. The van der Waals surface area contributed by atoms with Gasteiger partial charge < -0.3 is 14.4 Å². The van der Waals surface area contributed by atoms with E-state index in [-0.39, 0.29) is 5.41 Å². The minimum absolute atomic E-state index is 0.148. The first-order chi connectivity index (χ1) is 11.2. The first-order valence-electron chi connectivity index (χ1n) is 8.92. The molecule has 3 nitrogen and oxygen atoms in total. The molecule has 3 aliphatic rings. The molecular formula is C20H27NO2. The van der Waals surface area contributed by atoms with Crippen molar-refractivity contribution in [2.45, 2.75) is 43.6 Å². The quantitative estimate of drug-likeness (QED) is 0.772. The summed E-state index contributed by atoms with van der Waals surface area (Å²) in [4.78, 5) is 2.52. The summed E-state index contributed by atoms with van der Waals surface area (Å²) < 4.78 is 11.6. The second-order valence-corrected chi connectivity index (χ2v) is 7.39. The molecule has 1 aliphatic heterocycles. The van der Waals surface area contributed by atoms with Crippen molar-refractivity contribution in [1.29, 1.82) is 0 Å². The summed E-state index contributed by atoms with van der Waals surface area (Å²) >= 11 is 0. The van der Waals surface area contributed by atoms with E-state index >= 15 is 0 Å². The Bertz CT molecular complexity index is 608. The molecular weight excluding hydrogens is 286 g/mol. The molecule has 1 saturated heterocycles. The molecule has 1 aromatic carbocycles. The van der Waals surface area contributed by atoms with Crippen molar-refractivity contribution in [3.05, 3.63) is 35.9 Å². The van der Waals surface area contributed by atoms with Gasteiger partial charge in [-0.2, -0.15) is 0 Å². The van der Waals surface area contributed by atoms with E-state index in [1.807, 2.05) is 0 Å². The maximum atomic E-state index is 5.97. The molecule has 1 heterocycles. The Morgan fingerprint density at radius 1 is 1.22 bits per heavy atom. The number of benzene rings is 1. The zero-order valence-electron chi connectivity index (χ0n) is 14.3. The van der Waals surface area contributed by atoms with E-state index in [0.717, 1.165) is 30.6 Å². The number of rotatable bonds is 5. The average molecular weight is 313 g/mol. The first kappa shape index (κ1) is 15.1. The van der Waals surface area contributed by atoms with E-state index in [1.54, 1.807) is 7.11 Å². The number of nitrogens with zero attached hydrogens (tertiary/aromatic N) is 1. The largest absolute Gasteiger partial charge is 0.493 e. The number of methoxy groups -OCH3 is 1. The summed E-state index contributed by atoms with van der Waals surface area (Å²) in [6.07, 6.45) is 11.1. The highest BCUT2D eigenvalue weighted by atomic mass is 16.5. The second-order valence-electron chi connectivity index (χ2n) is 7.39. The molecule has 2 aliphatic carbocycles. The molecule has 0 bridgehead atoms. The van der Waals surface area contributed by atoms with Gasteiger partial charge in [-0.15, -0.1) is 0 Å². The van der Waals surface area contributed by atoms with E-state index in [1.165, 1.54) is 37.7 Å². The molecule has 124 valence electrons. The van der Waals surface area contributed by atoms with Gasteiger partial charge in [0, 0.05) is 11.5 Å². The van der Waals surface area contributed by atoms with Gasteiger partial charge in [0.1, 0.15) is 0 Å². The molecule has 3 heteroatoms. The summed E-state index contributed by atoms with van der Waals surface area (Å²) in [6, 6.07) is 7.19. The van der Waals surface area contributed by atoms with Crippen LogP contribution in [0.2, 0.25) is 0 Å². The standard InChI is InChI=1S/C20H27NO2/c1-21-12-11-20(10-4-3-5-19(20)21)16-8-9-17(18(13-16)22-2)23-14-15-6-7-15/h4,8-10,13,15,19H,3,5-7,11-12,14H2,1-2H3/t19?,20-/m0/s1. The summed E-state index contributed by atoms with van der Waals surface area (Å²) in [5.74, 6) is 2.53. The Hall–Kier alpha value is -1.48. The van der Waals surface area contributed by atoms with Crippen LogP contribution >= 0.6 is 0 Å². The predicted molar refractivity (Wildman–Crippen MR) is 92.3 cm³/mol. The molecule has 0 aromatic heterocycles. The summed E-state index contributed by atoms with van der Waals surface area (Å²) in [5, 5.41) is 0. The van der Waals surface area contributed by atoms with Crippen LogP contribution in [0.3, 0.4) is 0 Å². The van der Waals surface area contributed by atoms with Gasteiger partial charge in [-0.3, -0.25) is 0 Å². The lowest BCUT2D eigenvalue weighted by Gasteiger charge is -2.38. The van der Waals surface area contributed by atoms with E-state index in [9.17, 15) is 0 Å². The van der Waals surface area contributed by atoms with E-state index in [0.29, 0.717) is 6.04 Å². The highest BCUT2D eigenvalue weighted by molar-refractivity contribution is 5.48. The van der Waals surface area contributed by atoms with Crippen LogP contribution in [0.1, 0.15) is 37.7 Å². The Kier molecular flexibility index (Phi) is 3.84. The van der Waals surface area contributed by atoms with Crippen molar-refractivity contribution in [2.24, 2.45) is 5.92 Å². The van der Waals surface area contributed by atoms with Gasteiger partial charge in [0.05, 0.1) is 13.7 Å². The Morgan fingerprint density at radius 3 is 2.87 bits per heavy atom. The maximum Gasteiger partial charge on any atom is 0.161 e. The van der Waals surface area contributed by atoms with Crippen LogP contribution in [0.25, 0.3) is 0 Å². The lowest BCUT2D eigenvalue weighted by atomic mass is 9.70. The molecule has 0 amide bonds. The lowest BCUT2D eigenvalue weighted by molar-refractivity contribution is 0.248. The van der Waals surface area contributed by atoms with Gasteiger partial charge in [0.15, 0.2) is 11.5 Å². The normalized spacial score (nSPS) is 30.3. The first-order valence-corrected chi connectivity index (χ1v) is 8.92. The summed E-state index contributed by atoms with van der Waals surface area (Å²) in [7, 11) is 4.01. The monoisotopic (exact) mass is 313 g/mol. The number of ether oxygens (including phenoxy) is 2. The van der Waals surface area contributed by atoms with Gasteiger partial charge in [-0.25, -0.2) is 0 Å². The molecule has 0 N–H and O–H groups in total. The molecule has 2 fully saturated rings. The van der Waals surface area contributed by atoms with Gasteiger partial charge in [0.2, 0.25) is 0 Å². The van der Waals surface area contributed by atoms with Crippen LogP contribution in [-0.2, 0) is 5.41 Å². The lowest BCUT2D eigenvalue weighted by Crippen LogP contribution is -2.41. The molecule has 4 rings (SSSR count). The number of hydrogen-bond donors (Lipinski definition) is 0. The van der Waals surface area contributed by atoms with Crippen LogP contribution in [0.5, 0.6) is 11.5 Å². The van der Waals surface area contributed by atoms with Crippen molar-refractivity contribution < 1.29 is 9.47 Å². The van der Waals surface area contributed by atoms with Crippen molar-refractivity contribution in [1.82, 2.24) is 4.90 Å². The third-order valence-corrected chi connectivity index (χ3v) is 5.90. The number of likely N-dealkylation sites (N-methyl/N-ethyl adjacent to an activating group) is 1. The van der Waals surface area contributed by atoms with Gasteiger partial charge in [-0.05, 0) is 69.3 Å². The molecule has 2 atom stereocenters. The number of allylic oxidation sites excluding steroid dienone is 1. The molecule has 1 saturated carbocycles. The number of likely N-dealkylation sites (tertiary alicyclic amines) is 1. The Morgan fingerprint density at radius 2 is 2.09 bits per heavy atom. The van der Waals surface area contributed by atoms with Crippen molar-refractivity contribution >= 4 is 0 Å². The third-order valence-electron chi connectivity index (χ3n) is 5.90. The smallest absolute Gasteiger partial charge is 0.161 e. The van der Waals surface area contributed by atoms with E-state index < -0.39 is 0 Å². The highest BCUT2D eigenvalue weighted by Gasteiger charge is 2.46. The molecule has 23 heavy (non-hydrogen) atoms. The zero-order valence-corrected chi connectivity index (χ0v) is 14.3.